The van der Waals surface area contributed by atoms with Crippen molar-refractivity contribution in [1.29, 1.82) is 0 Å². The summed E-state index contributed by atoms with van der Waals surface area (Å²) in [6.45, 7) is 8.45. The van der Waals surface area contributed by atoms with Gasteiger partial charge in [-0.05, 0) is 44.9 Å². The molecule has 0 unspecified atom stereocenters. The summed E-state index contributed by atoms with van der Waals surface area (Å²) in [5.74, 6) is 0. The molecule has 17 heavy (non-hydrogen) atoms. The fourth-order valence-electron chi connectivity index (χ4n) is 2.55. The van der Waals surface area contributed by atoms with Gasteiger partial charge in [0.15, 0.2) is 0 Å². The highest BCUT2D eigenvalue weighted by molar-refractivity contribution is 6.05. The minimum absolute atomic E-state index is 1.10. The molecule has 0 bridgehead atoms. The minimum Gasteiger partial charge on any atom is -0.357 e. The predicted molar refractivity (Wildman–Crippen MR) is 72.5 cm³/mol. The van der Waals surface area contributed by atoms with Crippen LogP contribution < -0.4 is 0 Å². The Bertz CT molecular complexity index is 736. The third kappa shape index (κ3) is 1.37. The molecule has 1 N–H and O–H groups in total. The highest BCUT2D eigenvalue weighted by atomic mass is 14.8. The molecule has 2 nitrogen and oxygen atoms in total. The van der Waals surface area contributed by atoms with Crippen LogP contribution in [0.2, 0.25) is 0 Å². The predicted octanol–water partition coefficient (Wildman–Crippen LogP) is 3.95. The van der Waals surface area contributed by atoms with E-state index < -0.39 is 0 Å². The smallest absolute Gasteiger partial charge is 0.0949 e. The average molecular weight is 224 g/mol. The molecule has 2 aromatic heterocycles. The first-order chi connectivity index (χ1) is 8.08. The summed E-state index contributed by atoms with van der Waals surface area (Å²) in [7, 11) is 0. The van der Waals surface area contributed by atoms with Gasteiger partial charge in [-0.15, -0.1) is 0 Å². The largest absolute Gasteiger partial charge is 0.357 e. The third-order valence-corrected chi connectivity index (χ3v) is 3.58. The zero-order chi connectivity index (χ0) is 12.2. The standard InChI is InChI=1S/C15H16N2/c1-8-7-9(2)16-14-12(8)5-6-13-10(3)11(4)17-15(13)14/h5-7,16H,1-4H3. The molecule has 0 atom stereocenters. The molecule has 3 aromatic rings. The van der Waals surface area contributed by atoms with E-state index >= 15 is 0 Å². The van der Waals surface area contributed by atoms with Crippen LogP contribution in [0.5, 0.6) is 0 Å². The monoisotopic (exact) mass is 224 g/mol. The van der Waals surface area contributed by atoms with Crippen LogP contribution in [-0.2, 0) is 0 Å². The second-order valence-electron chi connectivity index (χ2n) is 4.84. The average Bonchev–Trinajstić information content (AvgIpc) is 2.56. The quantitative estimate of drug-likeness (QED) is 0.615. The van der Waals surface area contributed by atoms with E-state index in [-0.39, 0.29) is 0 Å². The molecule has 0 aliphatic rings. The highest BCUT2D eigenvalue weighted by Gasteiger charge is 2.10. The van der Waals surface area contributed by atoms with Crippen LogP contribution in [0.1, 0.15) is 22.5 Å². The Labute approximate surface area is 101 Å². The van der Waals surface area contributed by atoms with Gasteiger partial charge in [0.05, 0.1) is 11.0 Å². The zero-order valence-corrected chi connectivity index (χ0v) is 10.7. The molecule has 0 amide bonds. The van der Waals surface area contributed by atoms with Crippen LogP contribution in [-0.4, -0.2) is 9.97 Å². The molecule has 0 aliphatic carbocycles. The number of hydrogen-bond donors (Lipinski definition) is 1. The van der Waals surface area contributed by atoms with Crippen molar-refractivity contribution in [3.05, 3.63) is 40.7 Å². The third-order valence-electron chi connectivity index (χ3n) is 3.58. The molecule has 0 saturated heterocycles. The Morgan fingerprint density at radius 3 is 2.47 bits per heavy atom. The number of H-pyrrole nitrogens is 1. The zero-order valence-electron chi connectivity index (χ0n) is 10.7. The van der Waals surface area contributed by atoms with E-state index in [0.29, 0.717) is 0 Å². The first-order valence-corrected chi connectivity index (χ1v) is 5.94. The molecular weight excluding hydrogens is 208 g/mol. The van der Waals surface area contributed by atoms with Gasteiger partial charge in [-0.2, -0.15) is 0 Å². The topological polar surface area (TPSA) is 28.7 Å². The van der Waals surface area contributed by atoms with Crippen molar-refractivity contribution in [2.75, 3.05) is 0 Å². The number of fused-ring (bicyclic) bond motifs is 3. The van der Waals surface area contributed by atoms with Gasteiger partial charge in [-0.3, -0.25) is 4.98 Å². The van der Waals surface area contributed by atoms with Gasteiger partial charge in [0.1, 0.15) is 0 Å². The van der Waals surface area contributed by atoms with E-state index in [0.717, 1.165) is 16.7 Å². The van der Waals surface area contributed by atoms with Gasteiger partial charge < -0.3 is 4.98 Å². The maximum absolute atomic E-state index is 4.69. The molecule has 86 valence electrons. The number of benzene rings is 1. The maximum atomic E-state index is 4.69. The lowest BCUT2D eigenvalue weighted by Gasteiger charge is -2.06. The molecule has 0 spiro atoms. The Hall–Kier alpha value is -1.83. The number of hydrogen-bond acceptors (Lipinski definition) is 1. The van der Waals surface area contributed by atoms with Crippen molar-refractivity contribution in [3.63, 3.8) is 0 Å². The lowest BCUT2D eigenvalue weighted by atomic mass is 10.1. The molecule has 0 fully saturated rings. The van der Waals surface area contributed by atoms with Crippen molar-refractivity contribution < 1.29 is 0 Å². The summed E-state index contributed by atoms with van der Waals surface area (Å²) in [6, 6.07) is 6.55. The second-order valence-corrected chi connectivity index (χ2v) is 4.84. The lowest BCUT2D eigenvalue weighted by Crippen LogP contribution is -1.88. The van der Waals surface area contributed by atoms with E-state index in [1.54, 1.807) is 0 Å². The van der Waals surface area contributed by atoms with Gasteiger partial charge in [0.25, 0.3) is 0 Å². The van der Waals surface area contributed by atoms with Gasteiger partial charge >= 0.3 is 0 Å². The van der Waals surface area contributed by atoms with E-state index in [9.17, 15) is 0 Å². The van der Waals surface area contributed by atoms with Crippen LogP contribution in [0.3, 0.4) is 0 Å². The number of aromatic nitrogens is 2. The van der Waals surface area contributed by atoms with E-state index in [1.807, 2.05) is 0 Å². The number of nitrogens with one attached hydrogen (secondary N) is 1. The number of nitrogens with zero attached hydrogens (tertiary/aromatic N) is 1. The van der Waals surface area contributed by atoms with Crippen LogP contribution in [0.4, 0.5) is 0 Å². The summed E-state index contributed by atoms with van der Waals surface area (Å²) in [6.07, 6.45) is 0. The van der Waals surface area contributed by atoms with Crippen LogP contribution in [0, 0.1) is 27.7 Å². The first kappa shape index (κ1) is 10.3. The molecule has 0 radical (unpaired) electrons. The van der Waals surface area contributed by atoms with Gasteiger partial charge in [-0.1, -0.05) is 12.1 Å². The molecule has 2 heterocycles. The Morgan fingerprint density at radius 2 is 1.71 bits per heavy atom. The fraction of sp³-hybridized carbons (Fsp3) is 0.267. The van der Waals surface area contributed by atoms with Gasteiger partial charge in [0, 0.05) is 22.2 Å². The summed E-state index contributed by atoms with van der Waals surface area (Å²) in [4.78, 5) is 8.14. The van der Waals surface area contributed by atoms with Crippen LogP contribution in [0.15, 0.2) is 18.2 Å². The molecule has 1 aromatic carbocycles. The second kappa shape index (κ2) is 3.33. The summed E-state index contributed by atoms with van der Waals surface area (Å²) in [5.41, 5.74) is 7.16. The Kier molecular flexibility index (Phi) is 2.02. The summed E-state index contributed by atoms with van der Waals surface area (Å²) < 4.78 is 0. The normalized spacial score (nSPS) is 11.5. The molecular formula is C15H16N2. The Morgan fingerprint density at radius 1 is 1.00 bits per heavy atom. The van der Waals surface area contributed by atoms with E-state index in [2.05, 4.69) is 50.9 Å². The highest BCUT2D eigenvalue weighted by Crippen LogP contribution is 2.29. The molecule has 3 rings (SSSR count). The molecule has 0 aliphatic heterocycles. The first-order valence-electron chi connectivity index (χ1n) is 5.94. The fourth-order valence-corrected chi connectivity index (χ4v) is 2.55. The molecule has 0 saturated carbocycles. The number of rotatable bonds is 0. The van der Waals surface area contributed by atoms with E-state index in [1.165, 1.54) is 27.6 Å². The van der Waals surface area contributed by atoms with E-state index in [4.69, 9.17) is 4.98 Å². The van der Waals surface area contributed by atoms with Crippen LogP contribution in [0.25, 0.3) is 21.8 Å². The van der Waals surface area contributed by atoms with Crippen molar-refractivity contribution in [2.24, 2.45) is 0 Å². The van der Waals surface area contributed by atoms with Gasteiger partial charge in [-0.25, -0.2) is 0 Å². The van der Waals surface area contributed by atoms with Gasteiger partial charge in [0.2, 0.25) is 0 Å². The maximum Gasteiger partial charge on any atom is 0.0949 e. The van der Waals surface area contributed by atoms with Crippen molar-refractivity contribution in [3.8, 4) is 0 Å². The van der Waals surface area contributed by atoms with Crippen molar-refractivity contribution in [1.82, 2.24) is 9.97 Å². The molecule has 2 heteroatoms. The number of aromatic amines is 1. The summed E-state index contributed by atoms with van der Waals surface area (Å²) >= 11 is 0. The Balaban J connectivity index is 2.59. The van der Waals surface area contributed by atoms with Crippen molar-refractivity contribution in [2.45, 2.75) is 27.7 Å². The van der Waals surface area contributed by atoms with Crippen LogP contribution >= 0.6 is 0 Å². The number of aryl methyl sites for hydroxylation is 4. The number of pyridine rings is 1. The summed E-state index contributed by atoms with van der Waals surface area (Å²) in [5, 5.41) is 2.52. The lowest BCUT2D eigenvalue weighted by molar-refractivity contribution is 1.22. The van der Waals surface area contributed by atoms with Crippen molar-refractivity contribution >= 4 is 21.8 Å². The SMILES string of the molecule is Cc1cc(C)c2ccc3c(C)c(C)nc3c2[nH]1. The minimum atomic E-state index is 1.10.